The lowest BCUT2D eigenvalue weighted by Gasteiger charge is -2.35. The van der Waals surface area contributed by atoms with Crippen molar-refractivity contribution in [3.05, 3.63) is 0 Å². The minimum atomic E-state index is -0.000414. The standard InChI is InChI=1S/C9H15NO2/c1-10-4-2-9(3-5-10)6-8(11)12-7-9/h2-7H2,1H3. The van der Waals surface area contributed by atoms with E-state index in [0.717, 1.165) is 25.9 Å². The summed E-state index contributed by atoms with van der Waals surface area (Å²) in [5.74, 6) is -0.000414. The Bertz CT molecular complexity index is 195. The summed E-state index contributed by atoms with van der Waals surface area (Å²) in [5, 5.41) is 0. The Hall–Kier alpha value is -0.570. The third-order valence-electron chi connectivity index (χ3n) is 3.11. The molecule has 0 aliphatic carbocycles. The molecule has 0 aromatic carbocycles. The minimum absolute atomic E-state index is 0.000414. The Morgan fingerprint density at radius 1 is 1.42 bits per heavy atom. The van der Waals surface area contributed by atoms with Gasteiger partial charge in [0.25, 0.3) is 0 Å². The number of likely N-dealkylation sites (tertiary alicyclic amines) is 1. The highest BCUT2D eigenvalue weighted by Crippen LogP contribution is 2.39. The van der Waals surface area contributed by atoms with Gasteiger partial charge in [0.15, 0.2) is 0 Å². The van der Waals surface area contributed by atoms with Crippen molar-refractivity contribution in [3.8, 4) is 0 Å². The first-order valence-corrected chi connectivity index (χ1v) is 4.54. The molecule has 68 valence electrons. The summed E-state index contributed by atoms with van der Waals surface area (Å²) >= 11 is 0. The zero-order valence-corrected chi connectivity index (χ0v) is 7.51. The molecule has 12 heavy (non-hydrogen) atoms. The SMILES string of the molecule is CN1CCC2(CC1)COC(=O)C2. The van der Waals surface area contributed by atoms with Gasteiger partial charge in [0.2, 0.25) is 0 Å². The molecule has 0 aromatic heterocycles. The van der Waals surface area contributed by atoms with E-state index >= 15 is 0 Å². The Balaban J connectivity index is 1.99. The zero-order chi connectivity index (χ0) is 8.60. The maximum absolute atomic E-state index is 11.0. The lowest BCUT2D eigenvalue weighted by atomic mass is 9.78. The van der Waals surface area contributed by atoms with Gasteiger partial charge in [-0.3, -0.25) is 4.79 Å². The monoisotopic (exact) mass is 169 g/mol. The van der Waals surface area contributed by atoms with E-state index in [4.69, 9.17) is 4.74 Å². The van der Waals surface area contributed by atoms with E-state index in [1.807, 2.05) is 0 Å². The van der Waals surface area contributed by atoms with Crippen LogP contribution < -0.4 is 0 Å². The van der Waals surface area contributed by atoms with E-state index in [1.54, 1.807) is 0 Å². The van der Waals surface area contributed by atoms with Crippen LogP contribution in [0.15, 0.2) is 0 Å². The highest BCUT2D eigenvalue weighted by atomic mass is 16.5. The maximum Gasteiger partial charge on any atom is 0.306 e. The highest BCUT2D eigenvalue weighted by molar-refractivity contribution is 5.72. The van der Waals surface area contributed by atoms with Gasteiger partial charge in [-0.15, -0.1) is 0 Å². The van der Waals surface area contributed by atoms with Crippen LogP contribution in [0.25, 0.3) is 0 Å². The molecule has 0 saturated carbocycles. The normalized spacial score (nSPS) is 29.2. The summed E-state index contributed by atoms with van der Waals surface area (Å²) in [4.78, 5) is 13.3. The third kappa shape index (κ3) is 1.33. The van der Waals surface area contributed by atoms with Gasteiger partial charge in [-0.1, -0.05) is 0 Å². The van der Waals surface area contributed by atoms with Gasteiger partial charge in [-0.25, -0.2) is 0 Å². The van der Waals surface area contributed by atoms with Crippen LogP contribution in [-0.2, 0) is 9.53 Å². The van der Waals surface area contributed by atoms with Crippen molar-refractivity contribution in [1.29, 1.82) is 0 Å². The molecule has 0 N–H and O–H groups in total. The first-order chi connectivity index (χ1) is 5.70. The lowest BCUT2D eigenvalue weighted by Crippen LogP contribution is -2.38. The summed E-state index contributed by atoms with van der Waals surface area (Å²) in [6.45, 7) is 2.88. The van der Waals surface area contributed by atoms with E-state index in [0.29, 0.717) is 13.0 Å². The summed E-state index contributed by atoms with van der Waals surface area (Å²) in [6, 6.07) is 0. The molecule has 0 amide bonds. The van der Waals surface area contributed by atoms with Crippen LogP contribution in [0.5, 0.6) is 0 Å². The first-order valence-electron chi connectivity index (χ1n) is 4.54. The first kappa shape index (κ1) is 8.05. The average molecular weight is 169 g/mol. The molecule has 3 nitrogen and oxygen atoms in total. The zero-order valence-electron chi connectivity index (χ0n) is 7.51. The second kappa shape index (κ2) is 2.73. The molecule has 2 rings (SSSR count). The quantitative estimate of drug-likeness (QED) is 0.498. The van der Waals surface area contributed by atoms with Crippen molar-refractivity contribution >= 4 is 5.97 Å². The van der Waals surface area contributed by atoms with Crippen LogP contribution >= 0.6 is 0 Å². The molecule has 2 aliphatic heterocycles. The Morgan fingerprint density at radius 2 is 2.08 bits per heavy atom. The lowest BCUT2D eigenvalue weighted by molar-refractivity contribution is -0.137. The van der Waals surface area contributed by atoms with Crippen molar-refractivity contribution < 1.29 is 9.53 Å². The summed E-state index contributed by atoms with van der Waals surface area (Å²) in [5.41, 5.74) is 0.212. The molecule has 1 spiro atoms. The van der Waals surface area contributed by atoms with Crippen molar-refractivity contribution in [2.24, 2.45) is 5.41 Å². The van der Waals surface area contributed by atoms with Gasteiger partial charge in [0.05, 0.1) is 13.0 Å². The topological polar surface area (TPSA) is 29.5 Å². The van der Waals surface area contributed by atoms with E-state index < -0.39 is 0 Å². The Morgan fingerprint density at radius 3 is 2.58 bits per heavy atom. The van der Waals surface area contributed by atoms with Crippen LogP contribution in [0.4, 0.5) is 0 Å². The van der Waals surface area contributed by atoms with Crippen molar-refractivity contribution in [2.75, 3.05) is 26.7 Å². The number of carbonyl (C=O) groups excluding carboxylic acids is 1. The second-order valence-electron chi connectivity index (χ2n) is 4.14. The fourth-order valence-electron chi connectivity index (χ4n) is 2.06. The van der Waals surface area contributed by atoms with E-state index in [9.17, 15) is 4.79 Å². The summed E-state index contributed by atoms with van der Waals surface area (Å²) < 4.78 is 5.02. The molecule has 0 radical (unpaired) electrons. The molecule has 0 atom stereocenters. The predicted octanol–water partition coefficient (Wildman–Crippen LogP) is 0.645. The maximum atomic E-state index is 11.0. The summed E-state index contributed by atoms with van der Waals surface area (Å²) in [7, 11) is 2.13. The fraction of sp³-hybridized carbons (Fsp3) is 0.889. The molecular weight excluding hydrogens is 154 g/mol. The van der Waals surface area contributed by atoms with E-state index in [2.05, 4.69) is 11.9 Å². The fourth-order valence-corrected chi connectivity index (χ4v) is 2.06. The molecule has 2 fully saturated rings. The molecule has 2 heterocycles. The molecular formula is C9H15NO2. The van der Waals surface area contributed by atoms with Crippen molar-refractivity contribution in [3.63, 3.8) is 0 Å². The van der Waals surface area contributed by atoms with Gasteiger partial charge in [-0.05, 0) is 33.0 Å². The molecule has 0 unspecified atom stereocenters. The second-order valence-corrected chi connectivity index (χ2v) is 4.14. The minimum Gasteiger partial charge on any atom is -0.465 e. The molecule has 0 aromatic rings. The average Bonchev–Trinajstić information content (AvgIpc) is 2.40. The Kier molecular flexibility index (Phi) is 1.83. The smallest absolute Gasteiger partial charge is 0.306 e. The summed E-state index contributed by atoms with van der Waals surface area (Å²) in [6.07, 6.45) is 2.89. The van der Waals surface area contributed by atoms with Crippen LogP contribution in [-0.4, -0.2) is 37.6 Å². The number of hydrogen-bond donors (Lipinski definition) is 0. The number of rotatable bonds is 0. The molecule has 2 saturated heterocycles. The van der Waals surface area contributed by atoms with Gasteiger partial charge >= 0.3 is 5.97 Å². The number of cyclic esters (lactones) is 1. The highest BCUT2D eigenvalue weighted by Gasteiger charge is 2.41. The number of nitrogens with zero attached hydrogens (tertiary/aromatic N) is 1. The van der Waals surface area contributed by atoms with Crippen LogP contribution in [0.1, 0.15) is 19.3 Å². The number of hydrogen-bond acceptors (Lipinski definition) is 3. The number of esters is 1. The predicted molar refractivity (Wildman–Crippen MR) is 44.7 cm³/mol. The van der Waals surface area contributed by atoms with Crippen molar-refractivity contribution in [1.82, 2.24) is 4.90 Å². The van der Waals surface area contributed by atoms with Gasteiger partial charge in [0.1, 0.15) is 0 Å². The third-order valence-corrected chi connectivity index (χ3v) is 3.11. The van der Waals surface area contributed by atoms with Crippen LogP contribution in [0.3, 0.4) is 0 Å². The van der Waals surface area contributed by atoms with Crippen LogP contribution in [0, 0.1) is 5.41 Å². The number of piperidine rings is 1. The molecule has 3 heteroatoms. The van der Waals surface area contributed by atoms with Gasteiger partial charge < -0.3 is 9.64 Å². The van der Waals surface area contributed by atoms with E-state index in [-0.39, 0.29) is 11.4 Å². The van der Waals surface area contributed by atoms with Gasteiger partial charge in [0, 0.05) is 5.41 Å². The largest absolute Gasteiger partial charge is 0.465 e. The van der Waals surface area contributed by atoms with Crippen molar-refractivity contribution in [2.45, 2.75) is 19.3 Å². The van der Waals surface area contributed by atoms with Crippen LogP contribution in [0.2, 0.25) is 0 Å². The van der Waals surface area contributed by atoms with Gasteiger partial charge in [-0.2, -0.15) is 0 Å². The number of carbonyl (C=O) groups is 1. The Labute approximate surface area is 72.7 Å². The number of ether oxygens (including phenoxy) is 1. The molecule has 0 bridgehead atoms. The van der Waals surface area contributed by atoms with E-state index in [1.165, 1.54) is 0 Å². The molecule has 2 aliphatic rings.